The van der Waals surface area contributed by atoms with Crippen LogP contribution in [0.5, 0.6) is 5.75 Å². The van der Waals surface area contributed by atoms with Crippen LogP contribution in [-0.4, -0.2) is 24.9 Å². The second kappa shape index (κ2) is 4.23. The number of benzene rings is 1. The fourth-order valence-electron chi connectivity index (χ4n) is 2.56. The van der Waals surface area contributed by atoms with Gasteiger partial charge < -0.3 is 19.9 Å². The Kier molecular flexibility index (Phi) is 2.81. The van der Waals surface area contributed by atoms with Gasteiger partial charge in [0.2, 0.25) is 0 Å². The average Bonchev–Trinajstić information content (AvgIpc) is 2.89. The molecule has 0 bridgehead atoms. The van der Waals surface area contributed by atoms with Crippen molar-refractivity contribution in [2.45, 2.75) is 38.3 Å². The lowest BCUT2D eigenvalue weighted by Gasteiger charge is -2.19. The van der Waals surface area contributed by atoms with Crippen LogP contribution in [0.4, 0.5) is 0 Å². The summed E-state index contributed by atoms with van der Waals surface area (Å²) in [4.78, 5) is 0. The smallest absolute Gasteiger partial charge is 0.188 e. The molecule has 1 aromatic rings. The van der Waals surface area contributed by atoms with Gasteiger partial charge in [-0.2, -0.15) is 0 Å². The zero-order valence-corrected chi connectivity index (χ0v) is 10.8. The van der Waals surface area contributed by atoms with Crippen LogP contribution in [0.25, 0.3) is 0 Å². The zero-order chi connectivity index (χ0) is 12.8. The summed E-state index contributed by atoms with van der Waals surface area (Å²) in [6.45, 7) is 5.22. The summed E-state index contributed by atoms with van der Waals surface area (Å²) in [6, 6.07) is 6.13. The molecule has 0 aliphatic carbocycles. The Labute approximate surface area is 107 Å². The third-order valence-corrected chi connectivity index (χ3v) is 3.39. The van der Waals surface area contributed by atoms with Crippen LogP contribution >= 0.6 is 0 Å². The number of fused-ring (bicyclic) bond motifs is 1. The van der Waals surface area contributed by atoms with Gasteiger partial charge in [0, 0.05) is 13.0 Å². The maximum Gasteiger partial charge on any atom is 0.188 e. The Morgan fingerprint density at radius 2 is 2.22 bits per heavy atom. The summed E-state index contributed by atoms with van der Waals surface area (Å²) < 4.78 is 17.4. The Hall–Kier alpha value is -1.10. The first-order chi connectivity index (χ1) is 8.59. The summed E-state index contributed by atoms with van der Waals surface area (Å²) in [5, 5.41) is 0. The van der Waals surface area contributed by atoms with Gasteiger partial charge in [-0.05, 0) is 19.4 Å². The van der Waals surface area contributed by atoms with Crippen molar-refractivity contribution in [3.8, 4) is 5.75 Å². The molecule has 98 valence electrons. The van der Waals surface area contributed by atoms with Gasteiger partial charge >= 0.3 is 0 Å². The van der Waals surface area contributed by atoms with E-state index in [2.05, 4.69) is 19.9 Å². The quantitative estimate of drug-likeness (QED) is 0.868. The SMILES string of the molecule is CC1(C)Cc2cccc(C3OCC(CN)O3)c2O1. The topological polar surface area (TPSA) is 53.7 Å². The third kappa shape index (κ3) is 2.00. The molecule has 0 aromatic heterocycles. The molecule has 4 heteroatoms. The van der Waals surface area contributed by atoms with Crippen molar-refractivity contribution in [1.29, 1.82) is 0 Å². The number of ether oxygens (including phenoxy) is 3. The second-order valence-corrected chi connectivity index (χ2v) is 5.53. The number of rotatable bonds is 2. The van der Waals surface area contributed by atoms with Gasteiger partial charge in [-0.1, -0.05) is 18.2 Å². The zero-order valence-electron chi connectivity index (χ0n) is 10.8. The predicted octanol–water partition coefficient (Wildman–Crippen LogP) is 1.77. The van der Waals surface area contributed by atoms with E-state index in [4.69, 9.17) is 19.9 Å². The first-order valence-electron chi connectivity index (χ1n) is 6.37. The van der Waals surface area contributed by atoms with Crippen molar-refractivity contribution >= 4 is 0 Å². The van der Waals surface area contributed by atoms with E-state index >= 15 is 0 Å². The van der Waals surface area contributed by atoms with Gasteiger partial charge in [0.15, 0.2) is 6.29 Å². The highest BCUT2D eigenvalue weighted by atomic mass is 16.7. The largest absolute Gasteiger partial charge is 0.487 e. The van der Waals surface area contributed by atoms with Crippen molar-refractivity contribution < 1.29 is 14.2 Å². The minimum Gasteiger partial charge on any atom is -0.487 e. The molecule has 0 saturated carbocycles. The molecule has 2 heterocycles. The molecule has 2 unspecified atom stereocenters. The van der Waals surface area contributed by atoms with E-state index in [9.17, 15) is 0 Å². The summed E-state index contributed by atoms with van der Waals surface area (Å²) >= 11 is 0. The molecule has 3 rings (SSSR count). The molecule has 1 aromatic carbocycles. The molecule has 1 saturated heterocycles. The highest BCUT2D eigenvalue weighted by Crippen LogP contribution is 2.42. The van der Waals surface area contributed by atoms with E-state index in [-0.39, 0.29) is 18.0 Å². The summed E-state index contributed by atoms with van der Waals surface area (Å²) in [7, 11) is 0. The third-order valence-electron chi connectivity index (χ3n) is 3.39. The Morgan fingerprint density at radius 1 is 1.39 bits per heavy atom. The molecule has 2 aliphatic heterocycles. The Morgan fingerprint density at radius 3 is 2.94 bits per heavy atom. The van der Waals surface area contributed by atoms with E-state index in [0.29, 0.717) is 13.2 Å². The van der Waals surface area contributed by atoms with Crippen LogP contribution in [-0.2, 0) is 15.9 Å². The molecule has 1 fully saturated rings. The van der Waals surface area contributed by atoms with Crippen LogP contribution in [0.1, 0.15) is 31.3 Å². The molecule has 2 N–H and O–H groups in total. The monoisotopic (exact) mass is 249 g/mol. The average molecular weight is 249 g/mol. The van der Waals surface area contributed by atoms with Crippen molar-refractivity contribution in [3.05, 3.63) is 29.3 Å². The van der Waals surface area contributed by atoms with Gasteiger partial charge in [-0.15, -0.1) is 0 Å². The number of hydrogen-bond acceptors (Lipinski definition) is 4. The maximum atomic E-state index is 6.02. The highest BCUT2D eigenvalue weighted by Gasteiger charge is 2.36. The number of para-hydroxylation sites is 1. The lowest BCUT2D eigenvalue weighted by molar-refractivity contribution is -0.0606. The van der Waals surface area contributed by atoms with Crippen LogP contribution in [0.15, 0.2) is 18.2 Å². The summed E-state index contributed by atoms with van der Waals surface area (Å²) in [5.74, 6) is 0.921. The van der Waals surface area contributed by atoms with Crippen molar-refractivity contribution in [2.75, 3.05) is 13.2 Å². The normalized spacial score (nSPS) is 29.1. The van der Waals surface area contributed by atoms with Gasteiger partial charge in [0.25, 0.3) is 0 Å². The predicted molar refractivity (Wildman–Crippen MR) is 67.5 cm³/mol. The van der Waals surface area contributed by atoms with Gasteiger partial charge in [-0.3, -0.25) is 0 Å². The molecule has 2 aliphatic rings. The van der Waals surface area contributed by atoms with Crippen molar-refractivity contribution in [3.63, 3.8) is 0 Å². The lowest BCUT2D eigenvalue weighted by atomic mass is 10.0. The standard InChI is InChI=1S/C14H19NO3/c1-14(2)6-9-4-3-5-11(12(9)18-14)13-16-8-10(7-15)17-13/h3-5,10,13H,6-8,15H2,1-2H3. The van der Waals surface area contributed by atoms with Crippen LogP contribution in [0, 0.1) is 0 Å². The van der Waals surface area contributed by atoms with Crippen LogP contribution < -0.4 is 10.5 Å². The maximum absolute atomic E-state index is 6.02. The number of nitrogens with two attached hydrogens (primary N) is 1. The van der Waals surface area contributed by atoms with Crippen molar-refractivity contribution in [2.24, 2.45) is 5.73 Å². The molecule has 0 radical (unpaired) electrons. The second-order valence-electron chi connectivity index (χ2n) is 5.53. The minimum atomic E-state index is -0.345. The molecule has 4 nitrogen and oxygen atoms in total. The minimum absolute atomic E-state index is 0.0136. The van der Waals surface area contributed by atoms with E-state index in [1.807, 2.05) is 12.1 Å². The molecular formula is C14H19NO3. The van der Waals surface area contributed by atoms with Crippen LogP contribution in [0.3, 0.4) is 0 Å². The van der Waals surface area contributed by atoms with E-state index < -0.39 is 0 Å². The van der Waals surface area contributed by atoms with Gasteiger partial charge in [-0.25, -0.2) is 0 Å². The summed E-state index contributed by atoms with van der Waals surface area (Å²) in [6.07, 6.45) is 0.561. The van der Waals surface area contributed by atoms with E-state index in [1.165, 1.54) is 5.56 Å². The number of hydrogen-bond donors (Lipinski definition) is 1. The van der Waals surface area contributed by atoms with E-state index in [0.717, 1.165) is 17.7 Å². The fraction of sp³-hybridized carbons (Fsp3) is 0.571. The Balaban J connectivity index is 1.89. The molecule has 0 amide bonds. The molecule has 18 heavy (non-hydrogen) atoms. The van der Waals surface area contributed by atoms with E-state index in [1.54, 1.807) is 0 Å². The van der Waals surface area contributed by atoms with Crippen LogP contribution in [0.2, 0.25) is 0 Å². The first-order valence-corrected chi connectivity index (χ1v) is 6.37. The fourth-order valence-corrected chi connectivity index (χ4v) is 2.56. The highest BCUT2D eigenvalue weighted by molar-refractivity contribution is 5.46. The molecule has 0 spiro atoms. The first kappa shape index (κ1) is 12.0. The van der Waals surface area contributed by atoms with Crippen molar-refractivity contribution in [1.82, 2.24) is 0 Å². The van der Waals surface area contributed by atoms with Gasteiger partial charge in [0.05, 0.1) is 18.3 Å². The lowest BCUT2D eigenvalue weighted by Crippen LogP contribution is -2.25. The molecular weight excluding hydrogens is 230 g/mol. The summed E-state index contributed by atoms with van der Waals surface area (Å²) in [5.41, 5.74) is 7.65. The molecule has 2 atom stereocenters. The Bertz CT molecular complexity index is 458. The van der Waals surface area contributed by atoms with Gasteiger partial charge in [0.1, 0.15) is 11.4 Å².